The van der Waals surface area contributed by atoms with E-state index in [1.54, 1.807) is 18.2 Å². The third-order valence-corrected chi connectivity index (χ3v) is 2.11. The fourth-order valence-electron chi connectivity index (χ4n) is 1.30. The van der Waals surface area contributed by atoms with Crippen LogP contribution in [0.1, 0.15) is 12.0 Å². The van der Waals surface area contributed by atoms with Crippen molar-refractivity contribution in [3.63, 3.8) is 0 Å². The summed E-state index contributed by atoms with van der Waals surface area (Å²) in [6, 6.07) is 4.69. The van der Waals surface area contributed by atoms with Crippen LogP contribution in [0.15, 0.2) is 24.3 Å². The van der Waals surface area contributed by atoms with E-state index in [0.29, 0.717) is 11.3 Å². The predicted octanol–water partition coefficient (Wildman–Crippen LogP) is 1.80. The van der Waals surface area contributed by atoms with Crippen molar-refractivity contribution in [2.45, 2.75) is 6.42 Å². The van der Waals surface area contributed by atoms with Crippen molar-refractivity contribution < 1.29 is 4.92 Å². The van der Waals surface area contributed by atoms with Crippen LogP contribution in [0.4, 0.5) is 11.4 Å². The van der Waals surface area contributed by atoms with Gasteiger partial charge in [-0.3, -0.25) is 10.1 Å². The maximum Gasteiger partial charge on any atom is 0.278 e. The number of benzene rings is 1. The molecule has 1 rings (SSSR count). The second-order valence-corrected chi connectivity index (χ2v) is 3.37. The molecule has 16 heavy (non-hydrogen) atoms. The van der Waals surface area contributed by atoms with E-state index >= 15 is 0 Å². The zero-order valence-electron chi connectivity index (χ0n) is 9.14. The van der Waals surface area contributed by atoms with E-state index in [0.717, 1.165) is 13.0 Å². The lowest BCUT2D eigenvalue weighted by atomic mass is 10.1. The fraction of sp³-hybridized carbons (Fsp3) is 0.273. The Morgan fingerprint density at radius 1 is 1.56 bits per heavy atom. The van der Waals surface area contributed by atoms with Gasteiger partial charge in [0.15, 0.2) is 0 Å². The highest BCUT2D eigenvalue weighted by atomic mass is 16.6. The standard InChI is InChI=1S/C11H15N3O2/c1-13-7-3-2-4-9-5-6-10(12)8-11(9)14(15)16/h2,4-6,8,13H,3,7,12H2,1H3. The number of nitrogens with zero attached hydrogens (tertiary/aromatic N) is 1. The molecule has 3 N–H and O–H groups in total. The van der Waals surface area contributed by atoms with Gasteiger partial charge in [-0.25, -0.2) is 0 Å². The second kappa shape index (κ2) is 5.87. The van der Waals surface area contributed by atoms with Gasteiger partial charge in [-0.2, -0.15) is 0 Å². The predicted molar refractivity (Wildman–Crippen MR) is 65.1 cm³/mol. The lowest BCUT2D eigenvalue weighted by Crippen LogP contribution is -2.05. The zero-order chi connectivity index (χ0) is 12.0. The Hall–Kier alpha value is -1.88. The Morgan fingerprint density at radius 3 is 2.94 bits per heavy atom. The summed E-state index contributed by atoms with van der Waals surface area (Å²) < 4.78 is 0. The smallest absolute Gasteiger partial charge is 0.278 e. The number of nitro benzene ring substituents is 1. The van der Waals surface area contributed by atoms with Gasteiger partial charge < -0.3 is 11.1 Å². The average Bonchev–Trinajstić information content (AvgIpc) is 2.26. The number of nitrogen functional groups attached to an aromatic ring is 1. The molecule has 0 bridgehead atoms. The number of anilines is 1. The molecule has 0 radical (unpaired) electrons. The molecule has 0 saturated heterocycles. The first-order valence-electron chi connectivity index (χ1n) is 5.00. The molecule has 1 aromatic rings. The van der Waals surface area contributed by atoms with Gasteiger partial charge in [0, 0.05) is 11.8 Å². The third-order valence-electron chi connectivity index (χ3n) is 2.11. The highest BCUT2D eigenvalue weighted by molar-refractivity contribution is 5.65. The van der Waals surface area contributed by atoms with Crippen LogP contribution in [-0.2, 0) is 0 Å². The molecule has 5 nitrogen and oxygen atoms in total. The van der Waals surface area contributed by atoms with E-state index in [4.69, 9.17) is 5.73 Å². The van der Waals surface area contributed by atoms with Gasteiger partial charge in [0.05, 0.1) is 10.5 Å². The Kier molecular flexibility index (Phi) is 4.47. The normalized spacial score (nSPS) is 10.8. The molecule has 0 atom stereocenters. The van der Waals surface area contributed by atoms with Crippen LogP contribution < -0.4 is 11.1 Å². The molecular weight excluding hydrogens is 206 g/mol. The summed E-state index contributed by atoms with van der Waals surface area (Å²) >= 11 is 0. The summed E-state index contributed by atoms with van der Waals surface area (Å²) in [6.07, 6.45) is 4.47. The van der Waals surface area contributed by atoms with Crippen molar-refractivity contribution in [2.24, 2.45) is 0 Å². The van der Waals surface area contributed by atoms with E-state index < -0.39 is 4.92 Å². The first-order chi connectivity index (χ1) is 7.65. The largest absolute Gasteiger partial charge is 0.399 e. The number of hydrogen-bond acceptors (Lipinski definition) is 4. The van der Waals surface area contributed by atoms with Crippen LogP contribution in [0.3, 0.4) is 0 Å². The van der Waals surface area contributed by atoms with Crippen molar-refractivity contribution in [3.8, 4) is 0 Å². The van der Waals surface area contributed by atoms with Gasteiger partial charge in [-0.05, 0) is 32.1 Å². The highest BCUT2D eigenvalue weighted by Crippen LogP contribution is 2.22. The van der Waals surface area contributed by atoms with Gasteiger partial charge in [0.1, 0.15) is 0 Å². The topological polar surface area (TPSA) is 81.2 Å². The Bertz CT molecular complexity index is 402. The monoisotopic (exact) mass is 221 g/mol. The maximum absolute atomic E-state index is 10.8. The molecule has 0 unspecified atom stereocenters. The van der Waals surface area contributed by atoms with Gasteiger partial charge >= 0.3 is 0 Å². The van der Waals surface area contributed by atoms with E-state index in [1.165, 1.54) is 6.07 Å². The quantitative estimate of drug-likeness (QED) is 0.344. The lowest BCUT2D eigenvalue weighted by molar-refractivity contribution is -0.385. The van der Waals surface area contributed by atoms with Crippen LogP contribution in [0.2, 0.25) is 0 Å². The number of nitro groups is 1. The summed E-state index contributed by atoms with van der Waals surface area (Å²) in [6.45, 7) is 0.846. The van der Waals surface area contributed by atoms with Crippen molar-refractivity contribution in [1.82, 2.24) is 5.32 Å². The molecule has 0 saturated carbocycles. The van der Waals surface area contributed by atoms with Crippen LogP contribution in [0.5, 0.6) is 0 Å². The van der Waals surface area contributed by atoms with E-state index in [1.807, 2.05) is 13.1 Å². The molecule has 86 valence electrons. The summed E-state index contributed by atoms with van der Waals surface area (Å²) in [5.41, 5.74) is 6.53. The Morgan fingerprint density at radius 2 is 2.31 bits per heavy atom. The summed E-state index contributed by atoms with van der Waals surface area (Å²) in [7, 11) is 1.86. The molecular formula is C11H15N3O2. The van der Waals surface area contributed by atoms with Gasteiger partial charge in [-0.1, -0.05) is 12.2 Å². The average molecular weight is 221 g/mol. The van der Waals surface area contributed by atoms with Crippen molar-refractivity contribution in [2.75, 3.05) is 19.3 Å². The maximum atomic E-state index is 10.8. The van der Waals surface area contributed by atoms with Crippen molar-refractivity contribution >= 4 is 17.5 Å². The van der Waals surface area contributed by atoms with Crippen LogP contribution >= 0.6 is 0 Å². The molecule has 5 heteroatoms. The van der Waals surface area contributed by atoms with Crippen LogP contribution in [0, 0.1) is 10.1 Å². The fourth-order valence-corrected chi connectivity index (χ4v) is 1.30. The van der Waals surface area contributed by atoms with Gasteiger partial charge in [0.2, 0.25) is 0 Å². The van der Waals surface area contributed by atoms with Crippen molar-refractivity contribution in [1.29, 1.82) is 0 Å². The lowest BCUT2D eigenvalue weighted by Gasteiger charge is -1.99. The minimum absolute atomic E-state index is 0.0423. The van der Waals surface area contributed by atoms with Crippen LogP contribution in [0.25, 0.3) is 6.08 Å². The van der Waals surface area contributed by atoms with Gasteiger partial charge in [-0.15, -0.1) is 0 Å². The van der Waals surface area contributed by atoms with E-state index in [-0.39, 0.29) is 5.69 Å². The molecule has 0 aliphatic carbocycles. The number of hydrogen-bond donors (Lipinski definition) is 2. The summed E-state index contributed by atoms with van der Waals surface area (Å²) in [5.74, 6) is 0. The molecule has 0 aliphatic rings. The molecule has 0 aliphatic heterocycles. The molecule has 0 heterocycles. The molecule has 1 aromatic carbocycles. The molecule has 0 amide bonds. The molecule has 0 aromatic heterocycles. The van der Waals surface area contributed by atoms with E-state index in [9.17, 15) is 10.1 Å². The molecule has 0 fully saturated rings. The van der Waals surface area contributed by atoms with E-state index in [2.05, 4.69) is 5.32 Å². The zero-order valence-corrected chi connectivity index (χ0v) is 9.14. The summed E-state index contributed by atoms with van der Waals surface area (Å²) in [5, 5.41) is 13.8. The Balaban J connectivity index is 2.86. The minimum atomic E-state index is -0.423. The first-order valence-corrected chi connectivity index (χ1v) is 5.00. The SMILES string of the molecule is CNCCC=Cc1ccc(N)cc1[N+](=O)[O-]. The number of nitrogens with two attached hydrogens (primary N) is 1. The third kappa shape index (κ3) is 3.36. The molecule has 0 spiro atoms. The van der Waals surface area contributed by atoms with Crippen LogP contribution in [-0.4, -0.2) is 18.5 Å². The minimum Gasteiger partial charge on any atom is -0.399 e. The first kappa shape index (κ1) is 12.2. The summed E-state index contributed by atoms with van der Waals surface area (Å²) in [4.78, 5) is 10.3. The second-order valence-electron chi connectivity index (χ2n) is 3.37. The van der Waals surface area contributed by atoms with Crippen molar-refractivity contribution in [3.05, 3.63) is 40.0 Å². The highest BCUT2D eigenvalue weighted by Gasteiger charge is 2.10. The number of nitrogens with one attached hydrogen (secondary N) is 1. The Labute approximate surface area is 94.1 Å². The number of rotatable bonds is 5. The van der Waals surface area contributed by atoms with Gasteiger partial charge in [0.25, 0.3) is 5.69 Å².